The number of carbonyl (C=O) groups is 3. The van der Waals surface area contributed by atoms with Crippen molar-refractivity contribution < 1.29 is 45.0 Å². The molecule has 0 amide bonds. The lowest BCUT2D eigenvalue weighted by molar-refractivity contribution is -0.143. The number of carboxylic acid groups (broad SMARTS) is 3. The van der Waals surface area contributed by atoms with Crippen LogP contribution in [0.1, 0.15) is 136 Å². The zero-order valence-corrected chi connectivity index (χ0v) is 23.5. The lowest BCUT2D eigenvalue weighted by Crippen LogP contribution is -2.32. The van der Waals surface area contributed by atoms with E-state index in [-0.39, 0.29) is 32.7 Å². The molecule has 0 heterocycles. The highest BCUT2D eigenvalue weighted by molar-refractivity contribution is 5.75. The van der Waals surface area contributed by atoms with Crippen LogP contribution in [-0.4, -0.2) is 68.4 Å². The maximum Gasteiger partial charge on any atom is 0.303 e. The minimum absolute atomic E-state index is 0.156. The summed E-state index contributed by atoms with van der Waals surface area (Å²) in [5.74, 6) is -2.81. The van der Waals surface area contributed by atoms with Crippen molar-refractivity contribution in [2.24, 2.45) is 5.41 Å². The van der Waals surface area contributed by atoms with Gasteiger partial charge in [0.15, 0.2) is 0 Å². The molecule has 0 rings (SSSR count). The van der Waals surface area contributed by atoms with E-state index in [0.29, 0.717) is 12.8 Å². The molecule has 0 aliphatic carbocycles. The molecule has 0 saturated carbocycles. The fraction of sp³-hybridized carbons (Fsp3) is 0.893. The second-order valence-corrected chi connectivity index (χ2v) is 9.71. The van der Waals surface area contributed by atoms with Crippen molar-refractivity contribution in [3.63, 3.8) is 0 Å². The van der Waals surface area contributed by atoms with Gasteiger partial charge in [-0.15, -0.1) is 0 Å². The van der Waals surface area contributed by atoms with Crippen LogP contribution < -0.4 is 0 Å². The van der Waals surface area contributed by atoms with Crippen LogP contribution in [0.25, 0.3) is 0 Å². The normalized spacial score (nSPS) is 10.6. The fourth-order valence-corrected chi connectivity index (χ4v) is 3.35. The second-order valence-electron chi connectivity index (χ2n) is 9.71. The first kappa shape index (κ1) is 39.8. The highest BCUT2D eigenvalue weighted by atomic mass is 16.4. The van der Waals surface area contributed by atoms with E-state index in [9.17, 15) is 14.4 Å². The number of hydrogen-bond acceptors (Lipinski definition) is 6. The molecule has 0 radical (unpaired) electrons. The van der Waals surface area contributed by atoms with Crippen molar-refractivity contribution in [1.29, 1.82) is 0 Å². The maximum atomic E-state index is 10.3. The van der Waals surface area contributed by atoms with Crippen molar-refractivity contribution in [2.45, 2.75) is 136 Å². The Labute approximate surface area is 224 Å². The summed E-state index contributed by atoms with van der Waals surface area (Å²) in [5, 5.41) is 50.3. The molecule has 0 saturated heterocycles. The number of rotatable bonds is 23. The third kappa shape index (κ3) is 34.3. The molecule has 37 heavy (non-hydrogen) atoms. The predicted molar refractivity (Wildman–Crippen MR) is 146 cm³/mol. The van der Waals surface area contributed by atoms with Gasteiger partial charge in [0, 0.05) is 11.8 Å². The Bertz CT molecular complexity index is 488. The molecule has 0 aromatic heterocycles. The van der Waals surface area contributed by atoms with Crippen LogP contribution in [-0.2, 0) is 14.4 Å². The number of aliphatic hydroxyl groups excluding tert-OH is 3. The van der Waals surface area contributed by atoms with Crippen molar-refractivity contribution in [1.82, 2.24) is 0 Å². The molecule has 0 fully saturated rings. The monoisotopic (exact) mass is 536 g/mol. The molecule has 0 aliphatic heterocycles. The molecule has 0 aromatic carbocycles. The molecule has 0 aliphatic rings. The summed E-state index contributed by atoms with van der Waals surface area (Å²) in [5.41, 5.74) is -0.667. The lowest BCUT2D eigenvalue weighted by Gasteiger charge is -2.24. The second kappa shape index (κ2) is 30.5. The largest absolute Gasteiger partial charge is 0.481 e. The van der Waals surface area contributed by atoms with Gasteiger partial charge in [-0.2, -0.15) is 0 Å². The molecule has 9 heteroatoms. The fourth-order valence-electron chi connectivity index (χ4n) is 3.35. The van der Waals surface area contributed by atoms with Crippen LogP contribution in [0.3, 0.4) is 0 Å². The van der Waals surface area contributed by atoms with Gasteiger partial charge in [-0.25, -0.2) is 0 Å². The Balaban J connectivity index is -0.000000559. The quantitative estimate of drug-likeness (QED) is 0.0905. The SMILES string of the molecule is CCC(CO)(CO)CO.CCCCCCCCCCCCCCCCCC(=O)O.O=C(O)CCC(=O)O. The third-order valence-corrected chi connectivity index (χ3v) is 6.30. The number of unbranched alkanes of at least 4 members (excludes halogenated alkanes) is 14. The van der Waals surface area contributed by atoms with Gasteiger partial charge < -0.3 is 30.6 Å². The summed E-state index contributed by atoms with van der Waals surface area (Å²) in [6.45, 7) is 3.62. The van der Waals surface area contributed by atoms with E-state index in [0.717, 1.165) is 12.8 Å². The average molecular weight is 537 g/mol. The van der Waals surface area contributed by atoms with E-state index in [2.05, 4.69) is 6.92 Å². The lowest BCUT2D eigenvalue weighted by atomic mass is 9.88. The zero-order valence-electron chi connectivity index (χ0n) is 23.5. The van der Waals surface area contributed by atoms with E-state index >= 15 is 0 Å². The highest BCUT2D eigenvalue weighted by Gasteiger charge is 2.24. The average Bonchev–Trinajstić information content (AvgIpc) is 2.87. The molecule has 0 aromatic rings. The first-order valence-corrected chi connectivity index (χ1v) is 14.1. The standard InChI is InChI=1S/C18H36O2.C6H14O3.C4H6O4/c1-2-3-4-5-6-7-8-9-10-11-12-13-14-15-16-17-18(19)20;1-2-6(3-7,4-8)5-9;5-3(6)1-2-4(7)8/h2-17H2,1H3,(H,19,20);7-9H,2-5H2,1H3;1-2H2,(H,5,6)(H,7,8). The molecular weight excluding hydrogens is 480 g/mol. The summed E-state index contributed by atoms with van der Waals surface area (Å²) in [4.78, 5) is 29.6. The van der Waals surface area contributed by atoms with Gasteiger partial charge in [0.1, 0.15) is 0 Å². The van der Waals surface area contributed by atoms with Crippen LogP contribution in [0.2, 0.25) is 0 Å². The summed E-state index contributed by atoms with van der Waals surface area (Å²) in [6, 6.07) is 0. The number of hydrogen-bond donors (Lipinski definition) is 6. The van der Waals surface area contributed by atoms with Gasteiger partial charge >= 0.3 is 17.9 Å². The molecule has 0 atom stereocenters. The van der Waals surface area contributed by atoms with Crippen LogP contribution in [0.15, 0.2) is 0 Å². The van der Waals surface area contributed by atoms with Gasteiger partial charge in [0.2, 0.25) is 0 Å². The van der Waals surface area contributed by atoms with Gasteiger partial charge in [0.05, 0.1) is 32.7 Å². The van der Waals surface area contributed by atoms with Crippen LogP contribution in [0.5, 0.6) is 0 Å². The molecule has 6 N–H and O–H groups in total. The molecule has 222 valence electrons. The van der Waals surface area contributed by atoms with Gasteiger partial charge in [-0.05, 0) is 12.8 Å². The molecular formula is C28H56O9. The Morgan fingerprint density at radius 3 is 0.919 bits per heavy atom. The van der Waals surface area contributed by atoms with Gasteiger partial charge in [-0.3, -0.25) is 14.4 Å². The van der Waals surface area contributed by atoms with E-state index in [1.54, 1.807) is 0 Å². The summed E-state index contributed by atoms with van der Waals surface area (Å²) in [6.07, 6.45) is 20.2. The summed E-state index contributed by atoms with van der Waals surface area (Å²) >= 11 is 0. The molecule has 0 bridgehead atoms. The van der Waals surface area contributed by atoms with E-state index < -0.39 is 23.3 Å². The number of carboxylic acids is 3. The topological polar surface area (TPSA) is 173 Å². The van der Waals surface area contributed by atoms with Crippen molar-refractivity contribution in [2.75, 3.05) is 19.8 Å². The van der Waals surface area contributed by atoms with Crippen molar-refractivity contribution in [3.05, 3.63) is 0 Å². The van der Waals surface area contributed by atoms with Crippen LogP contribution in [0, 0.1) is 5.41 Å². The number of aliphatic carboxylic acids is 3. The first-order chi connectivity index (χ1) is 17.6. The minimum Gasteiger partial charge on any atom is -0.481 e. The predicted octanol–water partition coefficient (Wildman–Crippen LogP) is 5.63. The van der Waals surface area contributed by atoms with Crippen molar-refractivity contribution in [3.8, 4) is 0 Å². The molecule has 0 unspecified atom stereocenters. The zero-order chi connectivity index (χ0) is 28.8. The van der Waals surface area contributed by atoms with Crippen LogP contribution in [0.4, 0.5) is 0 Å². The van der Waals surface area contributed by atoms with Crippen LogP contribution >= 0.6 is 0 Å². The number of aliphatic hydroxyl groups is 3. The van der Waals surface area contributed by atoms with E-state index in [1.165, 1.54) is 83.5 Å². The molecule has 0 spiro atoms. The first-order valence-electron chi connectivity index (χ1n) is 14.1. The maximum absolute atomic E-state index is 10.3. The highest BCUT2D eigenvalue weighted by Crippen LogP contribution is 2.18. The van der Waals surface area contributed by atoms with Crippen molar-refractivity contribution >= 4 is 17.9 Å². The minimum atomic E-state index is -1.08. The summed E-state index contributed by atoms with van der Waals surface area (Å²) in [7, 11) is 0. The Morgan fingerprint density at radius 2 is 0.730 bits per heavy atom. The third-order valence-electron chi connectivity index (χ3n) is 6.30. The smallest absolute Gasteiger partial charge is 0.303 e. The van der Waals surface area contributed by atoms with Gasteiger partial charge in [0.25, 0.3) is 0 Å². The van der Waals surface area contributed by atoms with Gasteiger partial charge in [-0.1, -0.05) is 104 Å². The Kier molecular flexibility index (Phi) is 32.8. The van der Waals surface area contributed by atoms with E-state index in [4.69, 9.17) is 30.6 Å². The Morgan fingerprint density at radius 1 is 0.459 bits per heavy atom. The molecule has 9 nitrogen and oxygen atoms in total. The summed E-state index contributed by atoms with van der Waals surface area (Å²) < 4.78 is 0. The Hall–Kier alpha value is -1.71. The van der Waals surface area contributed by atoms with E-state index in [1.807, 2.05) is 6.92 Å².